The van der Waals surface area contributed by atoms with Crippen molar-refractivity contribution in [2.75, 3.05) is 13.6 Å². The Morgan fingerprint density at radius 2 is 2.40 bits per heavy atom. The SMILES string of the molecule is CN(Cc1ccoc1)CC1C=CC(N)C1. The van der Waals surface area contributed by atoms with Gasteiger partial charge in [-0.3, -0.25) is 0 Å². The first kappa shape index (κ1) is 10.5. The zero-order valence-electron chi connectivity index (χ0n) is 9.10. The van der Waals surface area contributed by atoms with Gasteiger partial charge in [0, 0.05) is 24.7 Å². The maximum Gasteiger partial charge on any atom is 0.0947 e. The van der Waals surface area contributed by atoms with Gasteiger partial charge in [0.2, 0.25) is 0 Å². The summed E-state index contributed by atoms with van der Waals surface area (Å²) in [6.07, 6.45) is 8.93. The van der Waals surface area contributed by atoms with Crippen LogP contribution in [0, 0.1) is 5.92 Å². The highest BCUT2D eigenvalue weighted by atomic mass is 16.3. The lowest BCUT2D eigenvalue weighted by Gasteiger charge is -2.19. The van der Waals surface area contributed by atoms with Crippen molar-refractivity contribution in [2.45, 2.75) is 19.0 Å². The van der Waals surface area contributed by atoms with Gasteiger partial charge < -0.3 is 15.1 Å². The van der Waals surface area contributed by atoms with Crippen LogP contribution in [0.2, 0.25) is 0 Å². The van der Waals surface area contributed by atoms with E-state index in [0.29, 0.717) is 5.92 Å². The molecule has 2 unspecified atom stereocenters. The molecule has 0 aromatic carbocycles. The Morgan fingerprint density at radius 3 is 3.00 bits per heavy atom. The molecule has 0 spiro atoms. The molecule has 0 aliphatic heterocycles. The van der Waals surface area contributed by atoms with E-state index in [1.165, 1.54) is 5.56 Å². The second-order valence-corrected chi connectivity index (χ2v) is 4.37. The number of hydrogen-bond donors (Lipinski definition) is 1. The third-order valence-electron chi connectivity index (χ3n) is 2.78. The summed E-state index contributed by atoms with van der Waals surface area (Å²) in [5.74, 6) is 0.608. The lowest BCUT2D eigenvalue weighted by atomic mass is 10.1. The average molecular weight is 206 g/mol. The molecule has 3 nitrogen and oxygen atoms in total. The second-order valence-electron chi connectivity index (χ2n) is 4.37. The van der Waals surface area contributed by atoms with Crippen LogP contribution in [0.15, 0.2) is 35.2 Å². The summed E-state index contributed by atoms with van der Waals surface area (Å²) in [5.41, 5.74) is 7.04. The molecule has 0 saturated carbocycles. The molecule has 0 amide bonds. The predicted octanol–water partition coefficient (Wildman–Crippen LogP) is 1.61. The number of nitrogens with zero attached hydrogens (tertiary/aromatic N) is 1. The molecule has 1 heterocycles. The van der Waals surface area contributed by atoms with Gasteiger partial charge in [0.15, 0.2) is 0 Å². The minimum Gasteiger partial charge on any atom is -0.472 e. The molecule has 1 aromatic rings. The summed E-state index contributed by atoms with van der Waals surface area (Å²) in [6, 6.07) is 2.27. The molecule has 15 heavy (non-hydrogen) atoms. The topological polar surface area (TPSA) is 42.4 Å². The molecule has 2 rings (SSSR count). The van der Waals surface area contributed by atoms with Crippen molar-refractivity contribution in [1.82, 2.24) is 4.90 Å². The lowest BCUT2D eigenvalue weighted by Crippen LogP contribution is -2.25. The van der Waals surface area contributed by atoms with Crippen molar-refractivity contribution in [2.24, 2.45) is 11.7 Å². The van der Waals surface area contributed by atoms with Gasteiger partial charge >= 0.3 is 0 Å². The van der Waals surface area contributed by atoms with Crippen molar-refractivity contribution in [3.8, 4) is 0 Å². The van der Waals surface area contributed by atoms with Gasteiger partial charge in [-0.15, -0.1) is 0 Å². The fraction of sp³-hybridized carbons (Fsp3) is 0.500. The van der Waals surface area contributed by atoms with Gasteiger partial charge in [0.25, 0.3) is 0 Å². The number of rotatable bonds is 4. The third-order valence-corrected chi connectivity index (χ3v) is 2.78. The quantitative estimate of drug-likeness (QED) is 0.761. The zero-order chi connectivity index (χ0) is 10.7. The Hall–Kier alpha value is -1.06. The van der Waals surface area contributed by atoms with Crippen molar-refractivity contribution in [3.05, 3.63) is 36.3 Å². The first-order valence-electron chi connectivity index (χ1n) is 5.37. The first-order chi connectivity index (χ1) is 7.24. The van der Waals surface area contributed by atoms with Gasteiger partial charge in [0.1, 0.15) is 0 Å². The molecular formula is C12H18N2O. The number of nitrogens with two attached hydrogens (primary N) is 1. The zero-order valence-corrected chi connectivity index (χ0v) is 9.10. The Balaban J connectivity index is 1.78. The summed E-state index contributed by atoms with van der Waals surface area (Å²) in [4.78, 5) is 2.30. The van der Waals surface area contributed by atoms with Crippen molar-refractivity contribution >= 4 is 0 Å². The fourth-order valence-electron chi connectivity index (χ4n) is 2.10. The van der Waals surface area contributed by atoms with E-state index >= 15 is 0 Å². The standard InChI is InChI=1S/C12H18N2O/c1-14(8-11-4-5-15-9-11)7-10-2-3-12(13)6-10/h2-5,9-10,12H,6-8,13H2,1H3. The molecule has 0 bridgehead atoms. The maximum absolute atomic E-state index is 5.82. The molecule has 0 fully saturated rings. The van der Waals surface area contributed by atoms with E-state index in [2.05, 4.69) is 24.1 Å². The molecule has 1 aliphatic carbocycles. The molecule has 1 aliphatic rings. The van der Waals surface area contributed by atoms with E-state index in [-0.39, 0.29) is 6.04 Å². The highest BCUT2D eigenvalue weighted by Gasteiger charge is 2.17. The lowest BCUT2D eigenvalue weighted by molar-refractivity contribution is 0.287. The Bertz CT molecular complexity index is 318. The fourth-order valence-corrected chi connectivity index (χ4v) is 2.10. The van der Waals surface area contributed by atoms with Crippen LogP contribution in [-0.2, 0) is 6.54 Å². The van der Waals surface area contributed by atoms with Crippen LogP contribution >= 0.6 is 0 Å². The highest BCUT2D eigenvalue weighted by molar-refractivity contribution is 5.07. The van der Waals surface area contributed by atoms with E-state index in [1.54, 1.807) is 12.5 Å². The molecule has 2 atom stereocenters. The number of furan rings is 1. The van der Waals surface area contributed by atoms with Crippen LogP contribution in [0.5, 0.6) is 0 Å². The van der Waals surface area contributed by atoms with Crippen molar-refractivity contribution in [3.63, 3.8) is 0 Å². The van der Waals surface area contributed by atoms with Gasteiger partial charge in [-0.05, 0) is 25.5 Å². The summed E-state index contributed by atoms with van der Waals surface area (Å²) in [5, 5.41) is 0. The Morgan fingerprint density at radius 1 is 1.53 bits per heavy atom. The van der Waals surface area contributed by atoms with Crippen LogP contribution in [-0.4, -0.2) is 24.5 Å². The van der Waals surface area contributed by atoms with E-state index in [1.807, 2.05) is 6.07 Å². The normalized spacial score (nSPS) is 25.3. The van der Waals surface area contributed by atoms with Crippen molar-refractivity contribution < 1.29 is 4.42 Å². The summed E-state index contributed by atoms with van der Waals surface area (Å²) >= 11 is 0. The molecule has 82 valence electrons. The van der Waals surface area contributed by atoms with Gasteiger partial charge in [-0.2, -0.15) is 0 Å². The van der Waals surface area contributed by atoms with Gasteiger partial charge in [0.05, 0.1) is 12.5 Å². The molecule has 1 aromatic heterocycles. The highest BCUT2D eigenvalue weighted by Crippen LogP contribution is 2.17. The minimum atomic E-state index is 0.261. The molecule has 0 saturated heterocycles. The summed E-state index contributed by atoms with van der Waals surface area (Å²) in [7, 11) is 2.13. The molecule has 2 N–H and O–H groups in total. The average Bonchev–Trinajstić information content (AvgIpc) is 2.77. The van der Waals surface area contributed by atoms with E-state index in [0.717, 1.165) is 19.5 Å². The van der Waals surface area contributed by atoms with E-state index in [4.69, 9.17) is 10.2 Å². The number of hydrogen-bond acceptors (Lipinski definition) is 3. The molecule has 3 heteroatoms. The monoisotopic (exact) mass is 206 g/mol. The van der Waals surface area contributed by atoms with Gasteiger partial charge in [-0.1, -0.05) is 12.2 Å². The Kier molecular flexibility index (Phi) is 3.23. The molecule has 0 radical (unpaired) electrons. The van der Waals surface area contributed by atoms with Crippen LogP contribution in [0.4, 0.5) is 0 Å². The maximum atomic E-state index is 5.82. The predicted molar refractivity (Wildman–Crippen MR) is 60.3 cm³/mol. The first-order valence-corrected chi connectivity index (χ1v) is 5.37. The summed E-state index contributed by atoms with van der Waals surface area (Å²) in [6.45, 7) is 2.01. The van der Waals surface area contributed by atoms with Crippen LogP contribution in [0.1, 0.15) is 12.0 Å². The summed E-state index contributed by atoms with van der Waals surface area (Å²) < 4.78 is 5.04. The minimum absolute atomic E-state index is 0.261. The van der Waals surface area contributed by atoms with E-state index in [9.17, 15) is 0 Å². The largest absolute Gasteiger partial charge is 0.472 e. The second kappa shape index (κ2) is 4.64. The van der Waals surface area contributed by atoms with Crippen molar-refractivity contribution in [1.29, 1.82) is 0 Å². The van der Waals surface area contributed by atoms with Crippen LogP contribution in [0.25, 0.3) is 0 Å². The van der Waals surface area contributed by atoms with Crippen LogP contribution < -0.4 is 5.73 Å². The van der Waals surface area contributed by atoms with Crippen LogP contribution in [0.3, 0.4) is 0 Å². The Labute approximate surface area is 90.5 Å². The van der Waals surface area contributed by atoms with Gasteiger partial charge in [-0.25, -0.2) is 0 Å². The third kappa shape index (κ3) is 2.94. The molecular weight excluding hydrogens is 188 g/mol. The smallest absolute Gasteiger partial charge is 0.0947 e. The van der Waals surface area contributed by atoms with E-state index < -0.39 is 0 Å².